The summed E-state index contributed by atoms with van der Waals surface area (Å²) in [5, 5.41) is 0. The molecular weight excluding hydrogens is 672 g/mol. The summed E-state index contributed by atoms with van der Waals surface area (Å²) in [6.07, 6.45) is -10.1. The van der Waals surface area contributed by atoms with Gasteiger partial charge in [0.1, 0.15) is 0 Å². The fourth-order valence-electron chi connectivity index (χ4n) is 5.36. The van der Waals surface area contributed by atoms with Crippen molar-refractivity contribution in [3.63, 3.8) is 0 Å². The molecule has 3 aliphatic heterocycles. The van der Waals surface area contributed by atoms with E-state index >= 15 is 8.78 Å². The van der Waals surface area contributed by atoms with E-state index < -0.39 is 83.3 Å². The zero-order valence-corrected chi connectivity index (χ0v) is 25.3. The zero-order valence-electron chi connectivity index (χ0n) is 22.5. The SMILES string of the molecule is Nc1nc2c(ncn2[C@@H]2O[C@@H]3CO[PH](O)(O)O[C@H]4[C@H](F)[C@H](n5cnc6c(N)ncnc65)O[C@@H]4CO[PH](O)(S)O[C@@H]2[C@@H]3F)c(=O)[nH]1. The van der Waals surface area contributed by atoms with Crippen molar-refractivity contribution in [2.24, 2.45) is 0 Å². The Morgan fingerprint density at radius 2 is 1.58 bits per heavy atom. The van der Waals surface area contributed by atoms with Gasteiger partial charge in [0.25, 0.3) is 0 Å². The van der Waals surface area contributed by atoms with E-state index in [1.54, 1.807) is 0 Å². The predicted octanol–water partition coefficient (Wildman–Crippen LogP) is -0.861. The summed E-state index contributed by atoms with van der Waals surface area (Å²) in [6, 6.07) is 0. The van der Waals surface area contributed by atoms with Crippen molar-refractivity contribution in [2.45, 2.75) is 49.2 Å². The number of anilines is 2. The van der Waals surface area contributed by atoms with Gasteiger partial charge in [-0.15, -0.1) is 0 Å². The Morgan fingerprint density at radius 3 is 2.36 bits per heavy atom. The van der Waals surface area contributed by atoms with Crippen LogP contribution in [0, 0.1) is 0 Å². The third-order valence-corrected chi connectivity index (χ3v) is 10.3. The number of fused-ring (bicyclic) bond motifs is 5. The van der Waals surface area contributed by atoms with E-state index in [2.05, 4.69) is 42.2 Å². The second kappa shape index (κ2) is 11.2. The Bertz CT molecular complexity index is 1820. The molecule has 0 aromatic carbocycles. The molecule has 45 heavy (non-hydrogen) atoms. The number of thiol groups is 1. The molecule has 0 aliphatic carbocycles. The molecule has 2 bridgehead atoms. The molecule has 25 heteroatoms. The van der Waals surface area contributed by atoms with Gasteiger partial charge in [-0.3, -0.25) is 0 Å². The van der Waals surface area contributed by atoms with Crippen LogP contribution in [0.1, 0.15) is 12.5 Å². The van der Waals surface area contributed by atoms with Crippen molar-refractivity contribution in [1.29, 1.82) is 0 Å². The number of hydrogen-bond acceptors (Lipinski definition) is 18. The summed E-state index contributed by atoms with van der Waals surface area (Å²) in [5.41, 5.74) is 10.8. The Labute approximate surface area is 255 Å². The van der Waals surface area contributed by atoms with Crippen molar-refractivity contribution >= 4 is 61.7 Å². The van der Waals surface area contributed by atoms with Crippen LogP contribution >= 0.6 is 27.6 Å². The molecule has 0 unspecified atom stereocenters. The first-order valence-electron chi connectivity index (χ1n) is 13.1. The number of nitrogens with one attached hydrogen (secondary N) is 1. The fourth-order valence-corrected chi connectivity index (χ4v) is 8.09. The van der Waals surface area contributed by atoms with Crippen LogP contribution in [0.2, 0.25) is 0 Å². The topological polar surface area (TPSA) is 275 Å². The van der Waals surface area contributed by atoms with Crippen LogP contribution in [0.25, 0.3) is 22.3 Å². The maximum atomic E-state index is 15.9. The molecule has 20 nitrogen and oxygen atoms in total. The molecule has 7 rings (SSSR count). The number of alkyl halides is 2. The van der Waals surface area contributed by atoms with E-state index in [-0.39, 0.29) is 34.1 Å². The van der Waals surface area contributed by atoms with Gasteiger partial charge in [0, 0.05) is 0 Å². The van der Waals surface area contributed by atoms with E-state index in [0.29, 0.717) is 0 Å². The third kappa shape index (κ3) is 5.51. The van der Waals surface area contributed by atoms with E-state index in [1.807, 2.05) is 0 Å². The molecule has 4 aromatic rings. The number of nitrogens with zero attached hydrogens (tertiary/aromatic N) is 7. The van der Waals surface area contributed by atoms with Gasteiger partial charge < -0.3 is 0 Å². The molecule has 246 valence electrons. The average molecular weight is 698 g/mol. The predicted molar refractivity (Wildman–Crippen MR) is 154 cm³/mol. The quantitative estimate of drug-likeness (QED) is 0.0991. The number of ether oxygens (including phenoxy) is 2. The monoisotopic (exact) mass is 698 g/mol. The molecule has 0 radical (unpaired) electrons. The molecule has 7 heterocycles. The number of aromatic nitrogens is 8. The summed E-state index contributed by atoms with van der Waals surface area (Å²) in [6.45, 7) is -1.50. The fraction of sp³-hybridized carbons (Fsp3) is 0.500. The zero-order chi connectivity index (χ0) is 31.8. The van der Waals surface area contributed by atoms with Gasteiger partial charge in [-0.1, -0.05) is 0 Å². The van der Waals surface area contributed by atoms with Crippen LogP contribution in [0.15, 0.2) is 23.8 Å². The second-order valence-electron chi connectivity index (χ2n) is 10.3. The number of halogens is 2. The van der Waals surface area contributed by atoms with Crippen LogP contribution < -0.4 is 17.0 Å². The standard InChI is InChI=1S/C20H26F2N10O10P2S/c21-8-6-1-37-43(34,35)41-12-7(40-18(9(12)22)31-4-27-10-14(23)25-3-26-15(10)31)2-38-44(36,45)42-13(8)19(39-6)32-5-28-11-16(32)29-20(24)30-17(11)33/h3-9,12-13,18-19,34-36,43-45H,1-2H2,(H2,23,25,26)(H3,24,29,30,33)/t6-,7-,8-,9+,12-,13-,18-,19-/m1/s1. The summed E-state index contributed by atoms with van der Waals surface area (Å²) >= 11 is 4.11. The number of nitrogen functional groups attached to an aromatic ring is 2. The summed E-state index contributed by atoms with van der Waals surface area (Å²) < 4.78 is 67.3. The van der Waals surface area contributed by atoms with Crippen LogP contribution in [-0.2, 0) is 27.6 Å². The van der Waals surface area contributed by atoms with Crippen molar-refractivity contribution in [3.8, 4) is 0 Å². The Hall–Kier alpha value is -2.79. The molecule has 3 fully saturated rings. The van der Waals surface area contributed by atoms with Crippen molar-refractivity contribution in [1.82, 2.24) is 39.0 Å². The van der Waals surface area contributed by atoms with E-state index in [1.165, 1.54) is 10.9 Å². The first-order valence-corrected chi connectivity index (χ1v) is 17.9. The summed E-state index contributed by atoms with van der Waals surface area (Å²) in [4.78, 5) is 67.0. The van der Waals surface area contributed by atoms with Crippen molar-refractivity contribution in [2.75, 3.05) is 24.7 Å². The van der Waals surface area contributed by atoms with E-state index in [9.17, 15) is 19.5 Å². The van der Waals surface area contributed by atoms with Gasteiger partial charge in [-0.05, 0) is 0 Å². The summed E-state index contributed by atoms with van der Waals surface area (Å²) in [5.74, 6) is -0.241. The van der Waals surface area contributed by atoms with Crippen molar-refractivity contribution < 1.29 is 51.0 Å². The van der Waals surface area contributed by atoms with Crippen LogP contribution in [-0.4, -0.2) is 104 Å². The van der Waals surface area contributed by atoms with E-state index in [0.717, 1.165) is 17.2 Å². The molecule has 0 spiro atoms. The molecular formula is C20H26F2N10O10P2S. The Kier molecular flexibility index (Phi) is 7.66. The molecule has 0 amide bonds. The number of imidazole rings is 2. The molecule has 0 saturated carbocycles. The molecule has 4 aromatic heterocycles. The number of H-pyrrole nitrogens is 1. The minimum absolute atomic E-state index is 0.0270. The van der Waals surface area contributed by atoms with Gasteiger partial charge >= 0.3 is 255 Å². The van der Waals surface area contributed by atoms with Crippen LogP contribution in [0.5, 0.6) is 0 Å². The average Bonchev–Trinajstić information content (AvgIpc) is 3.72. The van der Waals surface area contributed by atoms with Crippen LogP contribution in [0.4, 0.5) is 20.5 Å². The van der Waals surface area contributed by atoms with Gasteiger partial charge in [-0.25, -0.2) is 0 Å². The maximum absolute atomic E-state index is 15.9. The molecule has 3 saturated heterocycles. The number of hydrogen-bond donors (Lipinski definition) is 7. The minimum atomic E-state index is -5.24. The second-order valence-corrected chi connectivity index (χ2v) is 15.2. The van der Waals surface area contributed by atoms with Crippen LogP contribution in [0.3, 0.4) is 0 Å². The molecule has 3 aliphatic rings. The van der Waals surface area contributed by atoms with E-state index in [4.69, 9.17) is 39.0 Å². The molecule has 8 N–H and O–H groups in total. The third-order valence-electron chi connectivity index (χ3n) is 7.37. The first-order chi connectivity index (χ1) is 21.3. The van der Waals surface area contributed by atoms with Gasteiger partial charge in [0.05, 0.1) is 0 Å². The normalized spacial score (nSPS) is 34.9. The van der Waals surface area contributed by atoms with Gasteiger partial charge in [0.2, 0.25) is 0 Å². The number of aromatic amines is 1. The molecule has 8 atom stereocenters. The Morgan fingerprint density at radius 1 is 0.889 bits per heavy atom. The first kappa shape index (κ1) is 30.8. The number of rotatable bonds is 2. The van der Waals surface area contributed by atoms with Gasteiger partial charge in [0.15, 0.2) is 0 Å². The van der Waals surface area contributed by atoms with Crippen molar-refractivity contribution in [3.05, 3.63) is 29.3 Å². The Balaban J connectivity index is 1.20. The number of nitrogens with two attached hydrogens (primary N) is 2. The van der Waals surface area contributed by atoms with Gasteiger partial charge in [-0.2, -0.15) is 0 Å². The summed E-state index contributed by atoms with van der Waals surface area (Å²) in [7, 11) is -9.86.